The number of rotatable bonds is 9. The summed E-state index contributed by atoms with van der Waals surface area (Å²) in [6.07, 6.45) is 0. The van der Waals surface area contributed by atoms with E-state index in [2.05, 4.69) is 82.0 Å². The van der Waals surface area contributed by atoms with Crippen LogP contribution in [-0.4, -0.2) is 53.6 Å². The van der Waals surface area contributed by atoms with E-state index in [1.165, 1.54) is 0 Å². The third-order valence-electron chi connectivity index (χ3n) is 6.52. The van der Waals surface area contributed by atoms with E-state index in [1.54, 1.807) is 0 Å². The molecule has 8 heteroatoms. The zero-order valence-corrected chi connectivity index (χ0v) is 22.2. The first kappa shape index (κ1) is 26.4. The molecule has 0 unspecified atom stereocenters. The number of nitrogens with two attached hydrogens (primary N) is 1. The fourth-order valence-electron chi connectivity index (χ4n) is 4.85. The van der Waals surface area contributed by atoms with Crippen molar-refractivity contribution in [2.24, 2.45) is 16.6 Å². The van der Waals surface area contributed by atoms with E-state index in [-0.39, 0.29) is 12.5 Å². The fourth-order valence-corrected chi connectivity index (χ4v) is 4.85. The average molecular weight is 505 g/mol. The van der Waals surface area contributed by atoms with Crippen molar-refractivity contribution in [3.8, 4) is 16.9 Å². The van der Waals surface area contributed by atoms with Gasteiger partial charge < -0.3 is 25.7 Å². The first-order chi connectivity index (χ1) is 17.8. The molecule has 2 aromatic carbocycles. The maximum Gasteiger partial charge on any atom is 0.124 e. The highest BCUT2D eigenvalue weighted by Gasteiger charge is 2.22. The van der Waals surface area contributed by atoms with Gasteiger partial charge in [-0.1, -0.05) is 32.6 Å². The van der Waals surface area contributed by atoms with Crippen molar-refractivity contribution >= 4 is 16.9 Å². The lowest BCUT2D eigenvalue weighted by Gasteiger charge is -2.29. The molecule has 0 bridgehead atoms. The number of nitrogens with one attached hydrogen (secondary N) is 2. The molecule has 0 amide bonds. The predicted molar refractivity (Wildman–Crippen MR) is 149 cm³/mol. The Hall–Kier alpha value is -3.65. The lowest BCUT2D eigenvalue weighted by Crippen LogP contribution is -2.30. The number of benzene rings is 2. The Bertz CT molecular complexity index is 1340. The molecule has 37 heavy (non-hydrogen) atoms. The van der Waals surface area contributed by atoms with Crippen LogP contribution in [0.4, 0.5) is 4.39 Å². The number of alkyl halides is 1. The lowest BCUT2D eigenvalue weighted by atomic mass is 9.97. The molecule has 0 spiro atoms. The van der Waals surface area contributed by atoms with Gasteiger partial charge in [0.05, 0.1) is 24.1 Å². The highest BCUT2D eigenvalue weighted by atomic mass is 19.1. The summed E-state index contributed by atoms with van der Waals surface area (Å²) in [6, 6.07) is 12.6. The van der Waals surface area contributed by atoms with Crippen molar-refractivity contribution < 1.29 is 9.13 Å². The van der Waals surface area contributed by atoms with Crippen LogP contribution in [0.3, 0.4) is 0 Å². The number of aromatic nitrogens is 2. The van der Waals surface area contributed by atoms with Crippen LogP contribution < -0.4 is 15.8 Å². The molecule has 3 aromatic rings. The normalized spacial score (nSPS) is 14.9. The van der Waals surface area contributed by atoms with Gasteiger partial charge in [0.1, 0.15) is 30.7 Å². The first-order valence-electron chi connectivity index (χ1n) is 12.7. The van der Waals surface area contributed by atoms with Crippen LogP contribution in [-0.2, 0) is 6.54 Å². The third kappa shape index (κ3) is 6.20. The molecule has 4 rings (SSSR count). The van der Waals surface area contributed by atoms with Crippen molar-refractivity contribution in [3.05, 3.63) is 71.3 Å². The molecule has 0 atom stereocenters. The number of allylic oxidation sites excluding steroid dienone is 2. The summed E-state index contributed by atoms with van der Waals surface area (Å²) in [7, 11) is 0. The van der Waals surface area contributed by atoms with Gasteiger partial charge in [-0.15, -0.1) is 0 Å². The predicted octanol–water partition coefficient (Wildman–Crippen LogP) is 5.09. The number of aliphatic imine (C=N–C) groups is 1. The summed E-state index contributed by atoms with van der Waals surface area (Å²) in [4.78, 5) is 14.7. The van der Waals surface area contributed by atoms with Crippen molar-refractivity contribution in [1.29, 1.82) is 0 Å². The van der Waals surface area contributed by atoms with Crippen molar-refractivity contribution in [1.82, 2.24) is 20.2 Å². The van der Waals surface area contributed by atoms with Gasteiger partial charge in [0.15, 0.2) is 0 Å². The Balaban J connectivity index is 1.60. The number of hydrogen-bond donors (Lipinski definition) is 3. The number of ether oxygens (including phenoxy) is 1. The van der Waals surface area contributed by atoms with E-state index in [9.17, 15) is 4.39 Å². The minimum absolute atomic E-state index is 0.196. The Kier molecular flexibility index (Phi) is 8.28. The minimum Gasteiger partial charge on any atom is -0.491 e. The van der Waals surface area contributed by atoms with E-state index in [4.69, 9.17) is 10.5 Å². The molecule has 0 aliphatic carbocycles. The Morgan fingerprint density at radius 2 is 2.03 bits per heavy atom. The van der Waals surface area contributed by atoms with Crippen LogP contribution >= 0.6 is 0 Å². The van der Waals surface area contributed by atoms with Crippen LogP contribution in [0.1, 0.15) is 32.2 Å². The van der Waals surface area contributed by atoms with E-state index in [0.717, 1.165) is 56.3 Å². The zero-order chi connectivity index (χ0) is 26.5. The van der Waals surface area contributed by atoms with Crippen LogP contribution in [0.25, 0.3) is 22.2 Å². The van der Waals surface area contributed by atoms with E-state index >= 15 is 0 Å². The van der Waals surface area contributed by atoms with Crippen LogP contribution in [0, 0.1) is 12.8 Å². The average Bonchev–Trinajstić information content (AvgIpc) is 3.09. The molecule has 0 radical (unpaired) electrons. The Labute approximate surface area is 218 Å². The van der Waals surface area contributed by atoms with Gasteiger partial charge in [0.25, 0.3) is 0 Å². The standard InChI is InChI=1S/C29H37FN6O/c1-18(2)29(19(3)33-28(31)16-32-11-10-30)20(4)36-12-13-37-27-9-7-22(14-24(27)17-36)23-6-8-25-26(15-23)35-21(5)34-25/h6-9,14-15,18,32H,4,10-13,16-17H2,1-3,5H3,(H2,31,33)(H,34,35)/b29-19-. The lowest BCUT2D eigenvalue weighted by molar-refractivity contribution is 0.265. The zero-order valence-electron chi connectivity index (χ0n) is 22.2. The van der Waals surface area contributed by atoms with Crippen LogP contribution in [0.15, 0.2) is 64.9 Å². The van der Waals surface area contributed by atoms with Gasteiger partial charge in [-0.05, 0) is 60.7 Å². The number of amidine groups is 1. The quantitative estimate of drug-likeness (QED) is 0.163. The molecule has 1 aromatic heterocycles. The first-order valence-corrected chi connectivity index (χ1v) is 12.7. The van der Waals surface area contributed by atoms with E-state index in [0.29, 0.717) is 32.1 Å². The molecule has 0 fully saturated rings. The summed E-state index contributed by atoms with van der Waals surface area (Å²) in [5, 5.41) is 2.94. The van der Waals surface area contributed by atoms with Gasteiger partial charge in [-0.25, -0.2) is 14.4 Å². The van der Waals surface area contributed by atoms with Crippen molar-refractivity contribution in [3.63, 3.8) is 0 Å². The van der Waals surface area contributed by atoms with Crippen molar-refractivity contribution in [2.45, 2.75) is 34.2 Å². The van der Waals surface area contributed by atoms with Gasteiger partial charge in [0.2, 0.25) is 0 Å². The third-order valence-corrected chi connectivity index (χ3v) is 6.52. The number of aryl methyl sites for hydroxylation is 1. The number of nitrogens with zero attached hydrogens (tertiary/aromatic N) is 3. The maximum atomic E-state index is 12.4. The maximum absolute atomic E-state index is 12.4. The van der Waals surface area contributed by atoms with Gasteiger partial charge in [-0.3, -0.25) is 0 Å². The largest absolute Gasteiger partial charge is 0.491 e. The van der Waals surface area contributed by atoms with Crippen molar-refractivity contribution in [2.75, 3.05) is 32.9 Å². The Morgan fingerprint density at radius 3 is 2.78 bits per heavy atom. The molecule has 4 N–H and O–H groups in total. The number of hydrogen-bond acceptors (Lipinski definition) is 5. The number of imidazole rings is 1. The summed E-state index contributed by atoms with van der Waals surface area (Å²) >= 11 is 0. The summed E-state index contributed by atoms with van der Waals surface area (Å²) in [6.45, 7) is 14.7. The molecule has 1 aliphatic heterocycles. The smallest absolute Gasteiger partial charge is 0.124 e. The molecule has 196 valence electrons. The number of halogens is 1. The van der Waals surface area contributed by atoms with Gasteiger partial charge in [0, 0.05) is 30.0 Å². The minimum atomic E-state index is -0.437. The number of aromatic amines is 1. The second kappa shape index (κ2) is 11.6. The molecule has 7 nitrogen and oxygen atoms in total. The second-order valence-corrected chi connectivity index (χ2v) is 9.72. The summed E-state index contributed by atoms with van der Waals surface area (Å²) < 4.78 is 18.5. The second-order valence-electron chi connectivity index (χ2n) is 9.72. The summed E-state index contributed by atoms with van der Waals surface area (Å²) in [5.41, 5.74) is 14.2. The monoisotopic (exact) mass is 504 g/mol. The number of fused-ring (bicyclic) bond motifs is 2. The van der Waals surface area contributed by atoms with Gasteiger partial charge >= 0.3 is 0 Å². The SMILES string of the molecule is C=C(/C(=C(C)\N=C(/N)CNCCF)C(C)C)N1CCOc2ccc(-c3ccc4[nH]c(C)nc4c3)cc2C1. The Morgan fingerprint density at radius 1 is 1.27 bits per heavy atom. The highest BCUT2D eigenvalue weighted by Crippen LogP contribution is 2.33. The molecular formula is C29H37FN6O. The molecule has 2 heterocycles. The molecule has 0 saturated heterocycles. The van der Waals surface area contributed by atoms with E-state index < -0.39 is 6.67 Å². The van der Waals surface area contributed by atoms with Crippen LogP contribution in [0.2, 0.25) is 0 Å². The van der Waals surface area contributed by atoms with Gasteiger partial charge in [-0.2, -0.15) is 0 Å². The van der Waals surface area contributed by atoms with E-state index in [1.807, 2.05) is 13.8 Å². The number of H-pyrrole nitrogens is 1. The van der Waals surface area contributed by atoms with Crippen LogP contribution in [0.5, 0.6) is 5.75 Å². The fraction of sp³-hybridized carbons (Fsp3) is 0.379. The highest BCUT2D eigenvalue weighted by molar-refractivity contribution is 5.83. The summed E-state index contributed by atoms with van der Waals surface area (Å²) in [5.74, 6) is 2.42. The molecule has 0 saturated carbocycles. The molecular weight excluding hydrogens is 467 g/mol. The molecule has 1 aliphatic rings. The topological polar surface area (TPSA) is 91.6 Å².